The molecule has 0 unspecified atom stereocenters. The minimum absolute atomic E-state index is 0.0504. The highest BCUT2D eigenvalue weighted by Crippen LogP contribution is 2.35. The molecule has 1 aliphatic rings. The average molecular weight is 612 g/mol. The maximum atomic E-state index is 14.0. The lowest BCUT2D eigenvalue weighted by Gasteiger charge is -2.24. The first kappa shape index (κ1) is 28.8. The SMILES string of the molecule is CCOC(=O)C1=C(C)N=c2s/c(=C/c3cc(Cl)c(OCc4ccccc4F)c(Cl)c3)c(=O)n2[C@H]1c1ccc(C)cc1. The summed E-state index contributed by atoms with van der Waals surface area (Å²) in [6, 6.07) is 16.5. The summed E-state index contributed by atoms with van der Waals surface area (Å²) in [6.07, 6.45) is 1.66. The van der Waals surface area contributed by atoms with Crippen LogP contribution in [0, 0.1) is 12.7 Å². The van der Waals surface area contributed by atoms with Gasteiger partial charge in [-0.25, -0.2) is 14.2 Å². The van der Waals surface area contributed by atoms with Gasteiger partial charge in [-0.05, 0) is 56.2 Å². The summed E-state index contributed by atoms with van der Waals surface area (Å²) < 4.78 is 27.0. The zero-order valence-corrected chi connectivity index (χ0v) is 24.7. The third-order valence-electron chi connectivity index (χ3n) is 6.56. The second kappa shape index (κ2) is 12.0. The van der Waals surface area contributed by atoms with Crippen molar-refractivity contribution in [3.63, 3.8) is 0 Å². The number of aromatic nitrogens is 1. The van der Waals surface area contributed by atoms with E-state index in [1.54, 1.807) is 50.3 Å². The van der Waals surface area contributed by atoms with E-state index < -0.39 is 17.8 Å². The van der Waals surface area contributed by atoms with E-state index in [1.807, 2.05) is 31.2 Å². The highest BCUT2D eigenvalue weighted by atomic mass is 35.5. The van der Waals surface area contributed by atoms with Crippen LogP contribution in [0.5, 0.6) is 5.75 Å². The lowest BCUT2D eigenvalue weighted by atomic mass is 9.95. The van der Waals surface area contributed by atoms with Crippen molar-refractivity contribution >= 4 is 46.6 Å². The van der Waals surface area contributed by atoms with Crippen LogP contribution in [0.15, 0.2) is 81.7 Å². The van der Waals surface area contributed by atoms with Crippen LogP contribution in [0.1, 0.15) is 42.1 Å². The van der Waals surface area contributed by atoms with Crippen LogP contribution in [0.3, 0.4) is 0 Å². The zero-order chi connectivity index (χ0) is 29.3. The number of hydrogen-bond donors (Lipinski definition) is 0. The molecule has 0 fully saturated rings. The minimum atomic E-state index is -0.700. The summed E-state index contributed by atoms with van der Waals surface area (Å²) in [7, 11) is 0. The molecule has 1 atom stereocenters. The standard InChI is InChI=1S/C31H25Cl2FN2O4S/c1-4-39-30(38)26-18(3)35-31-36(27(26)20-11-9-17(2)10-12-20)29(37)25(41-31)15-19-13-22(32)28(23(33)14-19)40-16-21-7-5-6-8-24(21)34/h5-15,27H,4,16H2,1-3H3/b25-15+/t27-/m0/s1. The van der Waals surface area contributed by atoms with E-state index in [9.17, 15) is 14.0 Å². The van der Waals surface area contributed by atoms with Gasteiger partial charge in [-0.15, -0.1) is 0 Å². The molecule has 6 nitrogen and oxygen atoms in total. The molecule has 0 amide bonds. The Balaban J connectivity index is 1.56. The van der Waals surface area contributed by atoms with Gasteiger partial charge in [0.15, 0.2) is 10.6 Å². The molecule has 0 saturated carbocycles. The Bertz CT molecular complexity index is 1840. The largest absolute Gasteiger partial charge is 0.486 e. The quantitative estimate of drug-likeness (QED) is 0.236. The molecule has 0 bridgehead atoms. The normalized spacial score (nSPS) is 15.0. The first-order chi connectivity index (χ1) is 19.7. The minimum Gasteiger partial charge on any atom is -0.486 e. The molecule has 5 rings (SSSR count). The maximum absolute atomic E-state index is 14.0. The predicted octanol–water partition coefficient (Wildman–Crippen LogP) is 6.13. The molecular formula is C31H25Cl2FN2O4S. The number of fused-ring (bicyclic) bond motifs is 1. The van der Waals surface area contributed by atoms with Gasteiger partial charge < -0.3 is 9.47 Å². The molecule has 4 aromatic rings. The molecule has 1 aliphatic heterocycles. The molecule has 10 heteroatoms. The number of carbonyl (C=O) groups is 1. The predicted molar refractivity (Wildman–Crippen MR) is 159 cm³/mol. The Labute approximate surface area is 249 Å². The van der Waals surface area contributed by atoms with E-state index in [-0.39, 0.29) is 34.6 Å². The molecule has 210 valence electrons. The van der Waals surface area contributed by atoms with Crippen molar-refractivity contribution < 1.29 is 18.7 Å². The molecule has 0 radical (unpaired) electrons. The number of nitrogens with zero attached hydrogens (tertiary/aromatic N) is 2. The number of rotatable bonds is 7. The topological polar surface area (TPSA) is 69.9 Å². The Morgan fingerprint density at radius 1 is 1.10 bits per heavy atom. The Morgan fingerprint density at radius 2 is 1.78 bits per heavy atom. The molecular weight excluding hydrogens is 586 g/mol. The monoisotopic (exact) mass is 610 g/mol. The molecule has 0 N–H and O–H groups in total. The smallest absolute Gasteiger partial charge is 0.338 e. The van der Waals surface area contributed by atoms with Crippen LogP contribution in [-0.2, 0) is 16.1 Å². The molecule has 3 aromatic carbocycles. The Morgan fingerprint density at radius 3 is 2.44 bits per heavy atom. The molecule has 0 spiro atoms. The van der Waals surface area contributed by atoms with E-state index in [2.05, 4.69) is 4.99 Å². The average Bonchev–Trinajstić information content (AvgIpc) is 3.23. The third-order valence-corrected chi connectivity index (χ3v) is 8.10. The number of ether oxygens (including phenoxy) is 2. The highest BCUT2D eigenvalue weighted by molar-refractivity contribution is 7.07. The Kier molecular flexibility index (Phi) is 8.45. The number of thiazole rings is 1. The first-order valence-electron chi connectivity index (χ1n) is 12.8. The van der Waals surface area contributed by atoms with Gasteiger partial charge in [0.2, 0.25) is 0 Å². The van der Waals surface area contributed by atoms with E-state index in [4.69, 9.17) is 32.7 Å². The van der Waals surface area contributed by atoms with Gasteiger partial charge in [0, 0.05) is 5.56 Å². The number of allylic oxidation sites excluding steroid dienone is 1. The second-order valence-electron chi connectivity index (χ2n) is 9.41. The number of benzene rings is 3. The van der Waals surface area contributed by atoms with Gasteiger partial charge in [-0.2, -0.15) is 0 Å². The Hall–Kier alpha value is -3.72. The first-order valence-corrected chi connectivity index (χ1v) is 14.4. The van der Waals surface area contributed by atoms with Gasteiger partial charge in [0.25, 0.3) is 5.56 Å². The van der Waals surface area contributed by atoms with Crippen molar-refractivity contribution in [2.75, 3.05) is 6.61 Å². The highest BCUT2D eigenvalue weighted by Gasteiger charge is 2.33. The third kappa shape index (κ3) is 5.86. The number of hydrogen-bond acceptors (Lipinski definition) is 6. The summed E-state index contributed by atoms with van der Waals surface area (Å²) in [5.74, 6) is -0.695. The summed E-state index contributed by atoms with van der Waals surface area (Å²) in [5, 5.41) is 0.427. The van der Waals surface area contributed by atoms with Crippen molar-refractivity contribution in [1.82, 2.24) is 4.57 Å². The van der Waals surface area contributed by atoms with Gasteiger partial charge in [-0.3, -0.25) is 9.36 Å². The molecule has 0 saturated heterocycles. The van der Waals surface area contributed by atoms with E-state index in [0.29, 0.717) is 31.7 Å². The van der Waals surface area contributed by atoms with Crippen LogP contribution in [0.4, 0.5) is 4.39 Å². The van der Waals surface area contributed by atoms with Crippen molar-refractivity contribution in [3.8, 4) is 5.75 Å². The fourth-order valence-electron chi connectivity index (χ4n) is 4.57. The summed E-state index contributed by atoms with van der Waals surface area (Å²) in [5.41, 5.74) is 3.24. The zero-order valence-electron chi connectivity index (χ0n) is 22.4. The molecule has 1 aromatic heterocycles. The molecule has 2 heterocycles. The van der Waals surface area contributed by atoms with Crippen molar-refractivity contribution in [2.45, 2.75) is 33.4 Å². The lowest BCUT2D eigenvalue weighted by Crippen LogP contribution is -2.39. The van der Waals surface area contributed by atoms with Gasteiger partial charge in [0.05, 0.1) is 38.5 Å². The van der Waals surface area contributed by atoms with Crippen LogP contribution in [-0.4, -0.2) is 17.1 Å². The number of carbonyl (C=O) groups excluding carboxylic acids is 1. The summed E-state index contributed by atoms with van der Waals surface area (Å²) in [6.45, 7) is 5.59. The summed E-state index contributed by atoms with van der Waals surface area (Å²) in [4.78, 5) is 31.9. The van der Waals surface area contributed by atoms with E-state index >= 15 is 0 Å². The van der Waals surface area contributed by atoms with Crippen LogP contribution in [0.2, 0.25) is 10.0 Å². The van der Waals surface area contributed by atoms with Gasteiger partial charge >= 0.3 is 5.97 Å². The molecule has 41 heavy (non-hydrogen) atoms. The van der Waals surface area contributed by atoms with E-state index in [1.165, 1.54) is 22.0 Å². The van der Waals surface area contributed by atoms with Crippen molar-refractivity contribution in [2.24, 2.45) is 4.99 Å². The molecule has 0 aliphatic carbocycles. The fraction of sp³-hybridized carbons (Fsp3) is 0.194. The number of aryl methyl sites for hydroxylation is 1. The van der Waals surface area contributed by atoms with Crippen LogP contribution >= 0.6 is 34.5 Å². The number of esters is 1. The number of halogens is 3. The van der Waals surface area contributed by atoms with Crippen LogP contribution in [0.25, 0.3) is 6.08 Å². The van der Waals surface area contributed by atoms with Gasteiger partial charge in [0.1, 0.15) is 12.4 Å². The fourth-order valence-corrected chi connectivity index (χ4v) is 6.23. The van der Waals surface area contributed by atoms with E-state index in [0.717, 1.165) is 11.1 Å². The summed E-state index contributed by atoms with van der Waals surface area (Å²) >= 11 is 14.2. The van der Waals surface area contributed by atoms with Gasteiger partial charge in [-0.1, -0.05) is 82.6 Å². The lowest BCUT2D eigenvalue weighted by molar-refractivity contribution is -0.139. The van der Waals surface area contributed by atoms with Crippen LogP contribution < -0.4 is 19.6 Å². The second-order valence-corrected chi connectivity index (χ2v) is 11.2. The van der Waals surface area contributed by atoms with Crippen molar-refractivity contribution in [1.29, 1.82) is 0 Å². The maximum Gasteiger partial charge on any atom is 0.338 e. The van der Waals surface area contributed by atoms with Crippen molar-refractivity contribution in [3.05, 3.63) is 130 Å².